The van der Waals surface area contributed by atoms with E-state index in [0.29, 0.717) is 12.0 Å². The molecule has 6 heteroatoms. The summed E-state index contributed by atoms with van der Waals surface area (Å²) in [4.78, 5) is 6.69. The third-order valence-electron chi connectivity index (χ3n) is 2.99. The van der Waals surface area contributed by atoms with E-state index in [1.165, 1.54) is 0 Å². The van der Waals surface area contributed by atoms with E-state index in [2.05, 4.69) is 48.2 Å². The average molecular weight is 398 g/mol. The quantitative estimate of drug-likeness (QED) is 0.419. The van der Waals surface area contributed by atoms with Gasteiger partial charge in [-0.05, 0) is 19.8 Å². The Balaban J connectivity index is 0.00000361. The van der Waals surface area contributed by atoms with E-state index in [4.69, 9.17) is 4.74 Å². The molecule has 0 aromatic carbocycles. The number of aliphatic imine (C=N–C) groups is 1. The highest BCUT2D eigenvalue weighted by molar-refractivity contribution is 14.0. The second-order valence-corrected chi connectivity index (χ2v) is 5.90. The fourth-order valence-corrected chi connectivity index (χ4v) is 2.26. The zero-order chi connectivity index (χ0) is 14.3. The van der Waals surface area contributed by atoms with Crippen molar-refractivity contribution in [3.63, 3.8) is 0 Å². The molecule has 0 amide bonds. The minimum absolute atomic E-state index is 0. The standard InChI is InChI=1S/C14H30N4O.HI/c1-11(2)9-18-6-7-19-13(10-18)8-16-14(15-5)17-12(3)4;/h11-13H,6-10H2,1-5H3,(H2,15,16,17);1H. The van der Waals surface area contributed by atoms with Crippen molar-refractivity contribution in [2.45, 2.75) is 39.8 Å². The van der Waals surface area contributed by atoms with Crippen LogP contribution in [0.25, 0.3) is 0 Å². The molecule has 120 valence electrons. The van der Waals surface area contributed by atoms with Crippen molar-refractivity contribution >= 4 is 29.9 Å². The monoisotopic (exact) mass is 398 g/mol. The van der Waals surface area contributed by atoms with Gasteiger partial charge in [0.2, 0.25) is 0 Å². The molecule has 1 rings (SSSR count). The third-order valence-corrected chi connectivity index (χ3v) is 2.99. The van der Waals surface area contributed by atoms with E-state index >= 15 is 0 Å². The fourth-order valence-electron chi connectivity index (χ4n) is 2.26. The van der Waals surface area contributed by atoms with Crippen molar-refractivity contribution in [2.75, 3.05) is 39.8 Å². The van der Waals surface area contributed by atoms with Gasteiger partial charge in [0, 0.05) is 39.3 Å². The molecular formula is C14H31IN4O. The van der Waals surface area contributed by atoms with E-state index in [1.807, 2.05) is 0 Å². The highest BCUT2D eigenvalue weighted by Crippen LogP contribution is 2.07. The van der Waals surface area contributed by atoms with Gasteiger partial charge in [-0.1, -0.05) is 13.8 Å². The van der Waals surface area contributed by atoms with Gasteiger partial charge in [0.15, 0.2) is 5.96 Å². The van der Waals surface area contributed by atoms with Crippen LogP contribution in [0.1, 0.15) is 27.7 Å². The molecule has 1 unspecified atom stereocenters. The molecule has 1 aliphatic heterocycles. The van der Waals surface area contributed by atoms with E-state index in [-0.39, 0.29) is 30.1 Å². The first-order valence-electron chi connectivity index (χ1n) is 7.32. The highest BCUT2D eigenvalue weighted by Gasteiger charge is 2.21. The van der Waals surface area contributed by atoms with Crippen molar-refractivity contribution in [1.82, 2.24) is 15.5 Å². The summed E-state index contributed by atoms with van der Waals surface area (Å²) in [6.45, 7) is 13.6. The van der Waals surface area contributed by atoms with Crippen molar-refractivity contribution in [3.8, 4) is 0 Å². The molecule has 0 aliphatic carbocycles. The van der Waals surface area contributed by atoms with Crippen LogP contribution in [0.3, 0.4) is 0 Å². The van der Waals surface area contributed by atoms with E-state index in [0.717, 1.165) is 38.7 Å². The molecule has 0 aromatic heterocycles. The summed E-state index contributed by atoms with van der Waals surface area (Å²) in [5.41, 5.74) is 0. The first kappa shape index (κ1) is 19.9. The summed E-state index contributed by atoms with van der Waals surface area (Å²) < 4.78 is 5.80. The van der Waals surface area contributed by atoms with E-state index < -0.39 is 0 Å². The van der Waals surface area contributed by atoms with Gasteiger partial charge in [0.05, 0.1) is 12.7 Å². The van der Waals surface area contributed by atoms with Crippen LogP contribution in [0, 0.1) is 5.92 Å². The van der Waals surface area contributed by atoms with Crippen LogP contribution < -0.4 is 10.6 Å². The maximum Gasteiger partial charge on any atom is 0.191 e. The average Bonchev–Trinajstić information content (AvgIpc) is 2.33. The van der Waals surface area contributed by atoms with E-state index in [9.17, 15) is 0 Å². The van der Waals surface area contributed by atoms with Gasteiger partial charge in [0.1, 0.15) is 0 Å². The first-order valence-corrected chi connectivity index (χ1v) is 7.32. The number of rotatable bonds is 5. The lowest BCUT2D eigenvalue weighted by Crippen LogP contribution is -2.50. The fraction of sp³-hybridized carbons (Fsp3) is 0.929. The van der Waals surface area contributed by atoms with Crippen molar-refractivity contribution in [2.24, 2.45) is 10.9 Å². The Morgan fingerprint density at radius 3 is 2.60 bits per heavy atom. The molecule has 1 heterocycles. The zero-order valence-electron chi connectivity index (χ0n) is 13.5. The summed E-state index contributed by atoms with van der Waals surface area (Å²) >= 11 is 0. The second kappa shape index (κ2) is 10.6. The van der Waals surface area contributed by atoms with Gasteiger partial charge < -0.3 is 15.4 Å². The normalized spacial score (nSPS) is 20.9. The summed E-state index contributed by atoms with van der Waals surface area (Å²) in [7, 11) is 1.80. The van der Waals surface area contributed by atoms with Crippen molar-refractivity contribution in [1.29, 1.82) is 0 Å². The van der Waals surface area contributed by atoms with Gasteiger partial charge in [-0.15, -0.1) is 24.0 Å². The van der Waals surface area contributed by atoms with Crippen LogP contribution in [0.4, 0.5) is 0 Å². The maximum atomic E-state index is 5.80. The molecule has 1 atom stereocenters. The molecule has 5 nitrogen and oxygen atoms in total. The second-order valence-electron chi connectivity index (χ2n) is 5.90. The molecule has 0 spiro atoms. The van der Waals surface area contributed by atoms with Gasteiger partial charge in [0.25, 0.3) is 0 Å². The van der Waals surface area contributed by atoms with Crippen LogP contribution in [0.15, 0.2) is 4.99 Å². The summed E-state index contributed by atoms with van der Waals surface area (Å²) in [6.07, 6.45) is 0.248. The van der Waals surface area contributed by atoms with Gasteiger partial charge in [-0.2, -0.15) is 0 Å². The Kier molecular flexibility index (Phi) is 10.6. The lowest BCUT2D eigenvalue weighted by atomic mass is 10.2. The Morgan fingerprint density at radius 2 is 2.05 bits per heavy atom. The van der Waals surface area contributed by atoms with Crippen LogP contribution in [-0.4, -0.2) is 62.8 Å². The predicted octanol–water partition coefficient (Wildman–Crippen LogP) is 1.53. The number of halogens is 1. The molecule has 1 aliphatic rings. The molecule has 0 saturated carbocycles. The summed E-state index contributed by atoms with van der Waals surface area (Å²) in [6, 6.07) is 0.385. The van der Waals surface area contributed by atoms with E-state index in [1.54, 1.807) is 7.05 Å². The Bertz CT molecular complexity index is 284. The molecular weight excluding hydrogens is 367 g/mol. The zero-order valence-corrected chi connectivity index (χ0v) is 15.8. The predicted molar refractivity (Wildman–Crippen MR) is 96.1 cm³/mol. The minimum atomic E-state index is 0. The van der Waals surface area contributed by atoms with Gasteiger partial charge in [-0.25, -0.2) is 0 Å². The smallest absolute Gasteiger partial charge is 0.191 e. The molecule has 0 aromatic rings. The number of hydrogen-bond acceptors (Lipinski definition) is 3. The van der Waals surface area contributed by atoms with Crippen molar-refractivity contribution < 1.29 is 4.74 Å². The topological polar surface area (TPSA) is 48.9 Å². The largest absolute Gasteiger partial charge is 0.374 e. The number of ether oxygens (including phenoxy) is 1. The van der Waals surface area contributed by atoms with Gasteiger partial charge in [-0.3, -0.25) is 9.89 Å². The third kappa shape index (κ3) is 8.26. The molecule has 2 N–H and O–H groups in total. The highest BCUT2D eigenvalue weighted by atomic mass is 127. The van der Waals surface area contributed by atoms with Crippen LogP contribution >= 0.6 is 24.0 Å². The number of hydrogen-bond donors (Lipinski definition) is 2. The molecule has 0 radical (unpaired) electrons. The summed E-state index contributed by atoms with van der Waals surface area (Å²) in [5.74, 6) is 1.56. The van der Waals surface area contributed by atoms with Crippen molar-refractivity contribution in [3.05, 3.63) is 0 Å². The lowest BCUT2D eigenvalue weighted by molar-refractivity contribution is -0.0284. The SMILES string of the molecule is CN=C(NCC1CN(CC(C)C)CCO1)NC(C)C.I. The minimum Gasteiger partial charge on any atom is -0.374 e. The number of guanidine groups is 1. The maximum absolute atomic E-state index is 5.80. The number of morpholine rings is 1. The van der Waals surface area contributed by atoms with Gasteiger partial charge >= 0.3 is 0 Å². The Labute approximate surface area is 140 Å². The molecule has 20 heavy (non-hydrogen) atoms. The number of nitrogens with one attached hydrogen (secondary N) is 2. The summed E-state index contributed by atoms with van der Waals surface area (Å²) in [5, 5.41) is 6.61. The molecule has 1 fully saturated rings. The van der Waals surface area contributed by atoms with Crippen LogP contribution in [0.2, 0.25) is 0 Å². The lowest BCUT2D eigenvalue weighted by Gasteiger charge is -2.34. The van der Waals surface area contributed by atoms with Crippen LogP contribution in [0.5, 0.6) is 0 Å². The number of nitrogens with zero attached hydrogens (tertiary/aromatic N) is 2. The molecule has 1 saturated heterocycles. The first-order chi connectivity index (χ1) is 9.01. The Morgan fingerprint density at radius 1 is 1.35 bits per heavy atom. The Hall–Kier alpha value is -0.0800. The molecule has 0 bridgehead atoms. The van der Waals surface area contributed by atoms with Crippen LogP contribution in [-0.2, 0) is 4.74 Å².